The highest BCUT2D eigenvalue weighted by atomic mass is 19.1. The normalized spacial score (nSPS) is 12.2. The molecular formula is C12H17FN2O2. The molecule has 0 heterocycles. The van der Waals surface area contributed by atoms with Gasteiger partial charge >= 0.3 is 0 Å². The lowest BCUT2D eigenvalue weighted by Crippen LogP contribution is -2.28. The van der Waals surface area contributed by atoms with Gasteiger partial charge in [-0.25, -0.2) is 4.39 Å². The van der Waals surface area contributed by atoms with E-state index in [1.807, 2.05) is 6.92 Å². The summed E-state index contributed by atoms with van der Waals surface area (Å²) in [7, 11) is 0. The van der Waals surface area contributed by atoms with E-state index in [4.69, 9.17) is 10.5 Å². The number of anilines is 2. The van der Waals surface area contributed by atoms with E-state index in [0.717, 1.165) is 6.42 Å². The predicted octanol–water partition coefficient (Wildman–Crippen LogP) is 2.16. The minimum atomic E-state index is -0.541. The first-order valence-electron chi connectivity index (χ1n) is 5.52. The number of nitrogen functional groups attached to an aromatic ring is 1. The molecule has 3 N–H and O–H groups in total. The topological polar surface area (TPSA) is 64.3 Å². The standard InChI is InChI=1S/C12H17FN2O2/c1-3-6-17-8(2)12(16)15-9-4-5-10(13)11(14)7-9/h4-5,7-8H,3,6,14H2,1-2H3,(H,15,16). The Bertz CT molecular complexity index is 396. The molecule has 1 aromatic carbocycles. The van der Waals surface area contributed by atoms with Crippen LogP contribution in [-0.4, -0.2) is 18.6 Å². The van der Waals surface area contributed by atoms with Gasteiger partial charge in [-0.3, -0.25) is 4.79 Å². The van der Waals surface area contributed by atoms with Crippen LogP contribution in [0.5, 0.6) is 0 Å². The second-order valence-electron chi connectivity index (χ2n) is 3.74. The molecule has 0 bridgehead atoms. The summed E-state index contributed by atoms with van der Waals surface area (Å²) in [5.41, 5.74) is 5.86. The molecule has 94 valence electrons. The molecule has 1 aromatic rings. The van der Waals surface area contributed by atoms with E-state index in [0.29, 0.717) is 12.3 Å². The van der Waals surface area contributed by atoms with Gasteiger partial charge in [0.2, 0.25) is 0 Å². The smallest absolute Gasteiger partial charge is 0.253 e. The average molecular weight is 240 g/mol. The van der Waals surface area contributed by atoms with Crippen molar-refractivity contribution in [2.75, 3.05) is 17.7 Å². The van der Waals surface area contributed by atoms with Crippen molar-refractivity contribution in [1.29, 1.82) is 0 Å². The van der Waals surface area contributed by atoms with Gasteiger partial charge in [-0.1, -0.05) is 6.92 Å². The van der Waals surface area contributed by atoms with Gasteiger partial charge in [-0.2, -0.15) is 0 Å². The second kappa shape index (κ2) is 6.20. The molecule has 0 aliphatic rings. The summed E-state index contributed by atoms with van der Waals surface area (Å²) >= 11 is 0. The zero-order valence-corrected chi connectivity index (χ0v) is 10.00. The Morgan fingerprint density at radius 2 is 2.29 bits per heavy atom. The Morgan fingerprint density at radius 1 is 1.59 bits per heavy atom. The summed E-state index contributed by atoms with van der Waals surface area (Å²) in [4.78, 5) is 11.6. The van der Waals surface area contributed by atoms with E-state index in [2.05, 4.69) is 5.32 Å². The molecular weight excluding hydrogens is 223 g/mol. The number of benzene rings is 1. The summed E-state index contributed by atoms with van der Waals surface area (Å²) in [6.07, 6.45) is 0.308. The average Bonchev–Trinajstić information content (AvgIpc) is 2.30. The number of nitrogens with one attached hydrogen (secondary N) is 1. The molecule has 0 aromatic heterocycles. The van der Waals surface area contributed by atoms with Gasteiger partial charge in [0.25, 0.3) is 5.91 Å². The summed E-state index contributed by atoms with van der Waals surface area (Å²) in [6.45, 7) is 4.16. The van der Waals surface area contributed by atoms with Gasteiger partial charge in [-0.05, 0) is 31.5 Å². The van der Waals surface area contributed by atoms with E-state index in [-0.39, 0.29) is 11.6 Å². The van der Waals surface area contributed by atoms with Crippen LogP contribution in [0.3, 0.4) is 0 Å². The first kappa shape index (κ1) is 13.4. The van der Waals surface area contributed by atoms with Crippen molar-refractivity contribution in [3.8, 4) is 0 Å². The highest BCUT2D eigenvalue weighted by Crippen LogP contribution is 2.16. The number of carbonyl (C=O) groups is 1. The molecule has 0 aliphatic carbocycles. The van der Waals surface area contributed by atoms with Gasteiger partial charge in [0, 0.05) is 12.3 Å². The van der Waals surface area contributed by atoms with E-state index in [1.54, 1.807) is 6.92 Å². The quantitative estimate of drug-likeness (QED) is 0.775. The van der Waals surface area contributed by atoms with Crippen molar-refractivity contribution in [2.24, 2.45) is 0 Å². The Labute approximate surface area is 100.0 Å². The molecule has 0 radical (unpaired) electrons. The molecule has 0 aliphatic heterocycles. The van der Waals surface area contributed by atoms with E-state index < -0.39 is 11.9 Å². The number of halogens is 1. The minimum absolute atomic E-state index is 0.00456. The van der Waals surface area contributed by atoms with Crippen LogP contribution in [0.15, 0.2) is 18.2 Å². The summed E-state index contributed by atoms with van der Waals surface area (Å²) in [5.74, 6) is -0.775. The zero-order chi connectivity index (χ0) is 12.8. The van der Waals surface area contributed by atoms with Crippen LogP contribution in [0, 0.1) is 5.82 Å². The third-order valence-corrected chi connectivity index (χ3v) is 2.20. The highest BCUT2D eigenvalue weighted by molar-refractivity contribution is 5.94. The summed E-state index contributed by atoms with van der Waals surface area (Å²) < 4.78 is 18.2. The first-order chi connectivity index (χ1) is 8.04. The Morgan fingerprint density at radius 3 is 2.88 bits per heavy atom. The van der Waals surface area contributed by atoms with E-state index in [1.165, 1.54) is 18.2 Å². The maximum atomic E-state index is 12.9. The lowest BCUT2D eigenvalue weighted by atomic mass is 10.2. The second-order valence-corrected chi connectivity index (χ2v) is 3.74. The number of hydrogen-bond acceptors (Lipinski definition) is 3. The Hall–Kier alpha value is -1.62. The number of rotatable bonds is 5. The van der Waals surface area contributed by atoms with Crippen molar-refractivity contribution < 1.29 is 13.9 Å². The fraction of sp³-hybridized carbons (Fsp3) is 0.417. The van der Waals surface area contributed by atoms with Crippen LogP contribution >= 0.6 is 0 Å². The molecule has 1 amide bonds. The predicted molar refractivity (Wildman–Crippen MR) is 65.1 cm³/mol. The summed E-state index contributed by atoms with van der Waals surface area (Å²) in [6, 6.07) is 4.04. The van der Waals surface area contributed by atoms with E-state index in [9.17, 15) is 9.18 Å². The molecule has 1 atom stereocenters. The maximum absolute atomic E-state index is 12.9. The van der Waals surface area contributed by atoms with Gasteiger partial charge in [0.1, 0.15) is 11.9 Å². The number of hydrogen-bond donors (Lipinski definition) is 2. The van der Waals surface area contributed by atoms with Crippen LogP contribution in [0.4, 0.5) is 15.8 Å². The molecule has 4 nitrogen and oxygen atoms in total. The number of nitrogens with two attached hydrogens (primary N) is 1. The molecule has 17 heavy (non-hydrogen) atoms. The van der Waals surface area contributed by atoms with Gasteiger partial charge < -0.3 is 15.8 Å². The Kier molecular flexibility index (Phi) is 4.90. The van der Waals surface area contributed by atoms with Crippen molar-refractivity contribution in [1.82, 2.24) is 0 Å². The molecule has 1 rings (SSSR count). The monoisotopic (exact) mass is 240 g/mol. The molecule has 0 fully saturated rings. The summed E-state index contributed by atoms with van der Waals surface area (Å²) in [5, 5.41) is 2.61. The van der Waals surface area contributed by atoms with Crippen molar-refractivity contribution >= 4 is 17.3 Å². The largest absolute Gasteiger partial charge is 0.396 e. The zero-order valence-electron chi connectivity index (χ0n) is 10.00. The van der Waals surface area contributed by atoms with Gasteiger partial charge in [0.05, 0.1) is 5.69 Å². The van der Waals surface area contributed by atoms with Crippen LogP contribution in [-0.2, 0) is 9.53 Å². The molecule has 5 heteroatoms. The number of ether oxygens (including phenoxy) is 1. The molecule has 1 unspecified atom stereocenters. The lowest BCUT2D eigenvalue weighted by molar-refractivity contribution is -0.126. The fourth-order valence-electron chi connectivity index (χ4n) is 1.24. The first-order valence-corrected chi connectivity index (χ1v) is 5.52. The van der Waals surface area contributed by atoms with Gasteiger partial charge in [-0.15, -0.1) is 0 Å². The third-order valence-electron chi connectivity index (χ3n) is 2.20. The lowest BCUT2D eigenvalue weighted by Gasteiger charge is -2.13. The third kappa shape index (κ3) is 4.03. The van der Waals surface area contributed by atoms with Crippen LogP contribution in [0.2, 0.25) is 0 Å². The van der Waals surface area contributed by atoms with Crippen LogP contribution in [0.25, 0.3) is 0 Å². The SMILES string of the molecule is CCCOC(C)C(=O)Nc1ccc(F)c(N)c1. The van der Waals surface area contributed by atoms with E-state index >= 15 is 0 Å². The van der Waals surface area contributed by atoms with Crippen molar-refractivity contribution in [3.05, 3.63) is 24.0 Å². The molecule has 0 saturated carbocycles. The Balaban J connectivity index is 2.58. The highest BCUT2D eigenvalue weighted by Gasteiger charge is 2.13. The fourth-order valence-corrected chi connectivity index (χ4v) is 1.24. The van der Waals surface area contributed by atoms with Crippen molar-refractivity contribution in [3.63, 3.8) is 0 Å². The number of carbonyl (C=O) groups excluding carboxylic acids is 1. The van der Waals surface area contributed by atoms with Gasteiger partial charge in [0.15, 0.2) is 0 Å². The maximum Gasteiger partial charge on any atom is 0.253 e. The minimum Gasteiger partial charge on any atom is -0.396 e. The van der Waals surface area contributed by atoms with Crippen molar-refractivity contribution in [2.45, 2.75) is 26.4 Å². The molecule has 0 saturated heterocycles. The number of amides is 1. The molecule has 0 spiro atoms. The van der Waals surface area contributed by atoms with Crippen LogP contribution < -0.4 is 11.1 Å². The van der Waals surface area contributed by atoms with Crippen LogP contribution in [0.1, 0.15) is 20.3 Å².